The summed E-state index contributed by atoms with van der Waals surface area (Å²) in [5.41, 5.74) is 2.61. The minimum absolute atomic E-state index is 0.133. The molecule has 25 heavy (non-hydrogen) atoms. The van der Waals surface area contributed by atoms with Gasteiger partial charge in [-0.05, 0) is 18.2 Å². The van der Waals surface area contributed by atoms with Crippen molar-refractivity contribution in [1.29, 1.82) is 0 Å². The number of hydrogen-bond acceptors (Lipinski definition) is 2. The minimum atomic E-state index is -0.133. The Hall–Kier alpha value is -2.56. The number of para-hydroxylation sites is 1. The Bertz CT molecular complexity index is 1150. The van der Waals surface area contributed by atoms with Crippen LogP contribution >= 0.6 is 23.2 Å². The number of hydrogen-bond donors (Lipinski definition) is 0. The van der Waals surface area contributed by atoms with Crippen LogP contribution in [-0.2, 0) is 7.05 Å². The van der Waals surface area contributed by atoms with Gasteiger partial charge in [0.1, 0.15) is 0 Å². The maximum atomic E-state index is 13.2. The second-order valence-electron chi connectivity index (χ2n) is 5.70. The molecule has 2 aromatic heterocycles. The van der Waals surface area contributed by atoms with Gasteiger partial charge in [-0.15, -0.1) is 0 Å². The molecular formula is C19H13Cl2N3O. The number of halogens is 2. The third-order valence-electron chi connectivity index (χ3n) is 4.24. The number of benzene rings is 2. The predicted molar refractivity (Wildman–Crippen MR) is 102 cm³/mol. The molecule has 0 saturated carbocycles. The Morgan fingerprint density at radius 1 is 1.08 bits per heavy atom. The van der Waals surface area contributed by atoms with Crippen molar-refractivity contribution in [3.8, 4) is 16.8 Å². The van der Waals surface area contributed by atoms with Gasteiger partial charge in [0.2, 0.25) is 0 Å². The number of aryl methyl sites for hydroxylation is 1. The average Bonchev–Trinajstić information content (AvgIpc) is 3.13. The summed E-state index contributed by atoms with van der Waals surface area (Å²) in [7, 11) is 1.76. The molecule has 0 aliphatic carbocycles. The molecule has 0 aliphatic rings. The fourth-order valence-corrected chi connectivity index (χ4v) is 3.58. The molecule has 0 amide bonds. The van der Waals surface area contributed by atoms with Gasteiger partial charge in [-0.3, -0.25) is 4.79 Å². The van der Waals surface area contributed by atoms with E-state index >= 15 is 0 Å². The molecule has 0 N–H and O–H groups in total. The lowest BCUT2D eigenvalue weighted by Gasteiger charge is -2.17. The van der Waals surface area contributed by atoms with E-state index in [-0.39, 0.29) is 5.56 Å². The van der Waals surface area contributed by atoms with Crippen LogP contribution in [0.3, 0.4) is 0 Å². The number of aromatic nitrogens is 3. The lowest BCUT2D eigenvalue weighted by molar-refractivity contribution is 0.901. The molecule has 2 aromatic carbocycles. The standard InChI is InChI=1S/C19H13Cl2N3O/c1-23-16-5-3-2-4-14(16)18(24-9-8-22-11-24)17(19(23)25)13-7-6-12(20)10-15(13)21/h2-11H,1H3. The maximum absolute atomic E-state index is 13.2. The molecule has 2 heterocycles. The van der Waals surface area contributed by atoms with Crippen LogP contribution in [0.2, 0.25) is 10.0 Å². The van der Waals surface area contributed by atoms with E-state index < -0.39 is 0 Å². The molecule has 6 heteroatoms. The number of rotatable bonds is 2. The summed E-state index contributed by atoms with van der Waals surface area (Å²) in [6, 6.07) is 12.9. The van der Waals surface area contributed by atoms with E-state index in [0.717, 1.165) is 16.6 Å². The average molecular weight is 370 g/mol. The highest BCUT2D eigenvalue weighted by Crippen LogP contribution is 2.35. The zero-order chi connectivity index (χ0) is 17.6. The van der Waals surface area contributed by atoms with Gasteiger partial charge in [0.25, 0.3) is 5.56 Å². The molecule has 0 unspecified atom stereocenters. The van der Waals surface area contributed by atoms with Crippen molar-refractivity contribution < 1.29 is 0 Å². The SMILES string of the molecule is Cn1c(=O)c(-c2ccc(Cl)cc2Cl)c(-n2ccnc2)c2ccccc21. The zero-order valence-electron chi connectivity index (χ0n) is 13.3. The molecule has 4 aromatic rings. The van der Waals surface area contributed by atoms with Gasteiger partial charge < -0.3 is 9.13 Å². The number of imidazole rings is 1. The van der Waals surface area contributed by atoms with Crippen molar-refractivity contribution in [3.05, 3.63) is 81.6 Å². The normalized spacial score (nSPS) is 11.2. The minimum Gasteiger partial charge on any atom is -0.311 e. The van der Waals surface area contributed by atoms with Crippen molar-refractivity contribution in [2.75, 3.05) is 0 Å². The lowest BCUT2D eigenvalue weighted by Crippen LogP contribution is -2.21. The molecular weight excluding hydrogens is 357 g/mol. The molecule has 4 nitrogen and oxygen atoms in total. The Balaban J connectivity index is 2.22. The van der Waals surface area contributed by atoms with Crippen LogP contribution in [-0.4, -0.2) is 14.1 Å². The summed E-state index contributed by atoms with van der Waals surface area (Å²) in [6.07, 6.45) is 5.17. The highest BCUT2D eigenvalue weighted by atomic mass is 35.5. The van der Waals surface area contributed by atoms with Crippen LogP contribution in [0.4, 0.5) is 0 Å². The van der Waals surface area contributed by atoms with E-state index in [2.05, 4.69) is 4.98 Å². The van der Waals surface area contributed by atoms with E-state index in [4.69, 9.17) is 23.2 Å². The smallest absolute Gasteiger partial charge is 0.260 e. The summed E-state index contributed by atoms with van der Waals surface area (Å²) in [5.74, 6) is 0. The molecule has 4 rings (SSSR count). The second kappa shape index (κ2) is 6.06. The summed E-state index contributed by atoms with van der Waals surface area (Å²) >= 11 is 12.4. The zero-order valence-corrected chi connectivity index (χ0v) is 14.8. The van der Waals surface area contributed by atoms with Gasteiger partial charge in [0.05, 0.1) is 28.1 Å². The predicted octanol–water partition coefficient (Wildman–Crippen LogP) is 4.70. The Morgan fingerprint density at radius 2 is 1.88 bits per heavy atom. The van der Waals surface area contributed by atoms with Crippen LogP contribution in [0.15, 0.2) is 66.0 Å². The third kappa shape index (κ3) is 2.54. The number of fused-ring (bicyclic) bond motifs is 1. The van der Waals surface area contributed by atoms with Crippen LogP contribution < -0.4 is 5.56 Å². The molecule has 124 valence electrons. The highest BCUT2D eigenvalue weighted by molar-refractivity contribution is 6.36. The molecule has 0 fully saturated rings. The van der Waals surface area contributed by atoms with Gasteiger partial charge >= 0.3 is 0 Å². The summed E-state index contributed by atoms with van der Waals surface area (Å²) in [4.78, 5) is 17.3. The van der Waals surface area contributed by atoms with Crippen LogP contribution in [0.5, 0.6) is 0 Å². The fraction of sp³-hybridized carbons (Fsp3) is 0.0526. The van der Waals surface area contributed by atoms with Crippen LogP contribution in [0, 0.1) is 0 Å². The Kier molecular flexibility index (Phi) is 3.86. The molecule has 0 bridgehead atoms. The number of nitrogens with zero attached hydrogens (tertiary/aromatic N) is 3. The summed E-state index contributed by atoms with van der Waals surface area (Å²) < 4.78 is 3.47. The third-order valence-corrected chi connectivity index (χ3v) is 4.79. The van der Waals surface area contributed by atoms with Crippen LogP contribution in [0.1, 0.15) is 0 Å². The van der Waals surface area contributed by atoms with E-state index in [1.165, 1.54) is 0 Å². The second-order valence-corrected chi connectivity index (χ2v) is 6.54. The molecule has 0 radical (unpaired) electrons. The summed E-state index contributed by atoms with van der Waals surface area (Å²) in [6.45, 7) is 0. The first-order valence-corrected chi connectivity index (χ1v) is 8.39. The lowest BCUT2D eigenvalue weighted by atomic mass is 10.0. The quantitative estimate of drug-likeness (QED) is 0.513. The summed E-state index contributed by atoms with van der Waals surface area (Å²) in [5, 5.41) is 1.89. The Labute approximate surface area is 153 Å². The van der Waals surface area contributed by atoms with E-state index in [1.54, 1.807) is 42.3 Å². The van der Waals surface area contributed by atoms with Crippen molar-refractivity contribution in [2.45, 2.75) is 0 Å². The molecule has 0 atom stereocenters. The van der Waals surface area contributed by atoms with Gasteiger partial charge in [0, 0.05) is 35.4 Å². The largest absolute Gasteiger partial charge is 0.311 e. The van der Waals surface area contributed by atoms with Crippen molar-refractivity contribution in [3.63, 3.8) is 0 Å². The van der Waals surface area contributed by atoms with Gasteiger partial charge in [-0.25, -0.2) is 4.98 Å². The first-order chi connectivity index (χ1) is 12.1. The van der Waals surface area contributed by atoms with E-state index in [1.807, 2.05) is 35.0 Å². The first kappa shape index (κ1) is 15.9. The molecule has 0 spiro atoms. The van der Waals surface area contributed by atoms with Crippen molar-refractivity contribution in [1.82, 2.24) is 14.1 Å². The van der Waals surface area contributed by atoms with Gasteiger partial charge in [0.15, 0.2) is 0 Å². The first-order valence-electron chi connectivity index (χ1n) is 7.63. The van der Waals surface area contributed by atoms with E-state index in [0.29, 0.717) is 21.2 Å². The van der Waals surface area contributed by atoms with Crippen molar-refractivity contribution in [2.24, 2.45) is 7.05 Å². The van der Waals surface area contributed by atoms with E-state index in [9.17, 15) is 4.79 Å². The fourth-order valence-electron chi connectivity index (χ4n) is 3.07. The Morgan fingerprint density at radius 3 is 2.60 bits per heavy atom. The molecule has 0 saturated heterocycles. The highest BCUT2D eigenvalue weighted by Gasteiger charge is 2.20. The van der Waals surface area contributed by atoms with Gasteiger partial charge in [-0.2, -0.15) is 0 Å². The van der Waals surface area contributed by atoms with Crippen LogP contribution in [0.25, 0.3) is 27.7 Å². The molecule has 0 aliphatic heterocycles. The van der Waals surface area contributed by atoms with Crippen molar-refractivity contribution >= 4 is 34.1 Å². The topological polar surface area (TPSA) is 39.8 Å². The maximum Gasteiger partial charge on any atom is 0.260 e. The number of pyridine rings is 1. The monoisotopic (exact) mass is 369 g/mol. The van der Waals surface area contributed by atoms with Gasteiger partial charge in [-0.1, -0.05) is 47.5 Å².